The van der Waals surface area contributed by atoms with Crippen molar-refractivity contribution in [3.63, 3.8) is 0 Å². The van der Waals surface area contributed by atoms with Crippen LogP contribution < -0.4 is 0 Å². The van der Waals surface area contributed by atoms with Crippen LogP contribution in [0.2, 0.25) is 0 Å². The second-order valence-corrected chi connectivity index (χ2v) is 6.89. The van der Waals surface area contributed by atoms with Gasteiger partial charge < -0.3 is 14.4 Å². The van der Waals surface area contributed by atoms with Crippen LogP contribution in [0.3, 0.4) is 0 Å². The largest absolute Gasteiger partial charge is 0.508 e. The Morgan fingerprint density at radius 3 is 2.79 bits per heavy atom. The van der Waals surface area contributed by atoms with Gasteiger partial charge in [-0.1, -0.05) is 11.2 Å². The zero-order chi connectivity index (χ0) is 17.5. The minimum Gasteiger partial charge on any atom is -0.508 e. The smallest absolute Gasteiger partial charge is 0.410 e. The second kappa shape index (κ2) is 5.81. The number of ether oxygens (including phenoxy) is 1. The Kier molecular flexibility index (Phi) is 3.95. The summed E-state index contributed by atoms with van der Waals surface area (Å²) in [6.07, 6.45) is 0.385. The summed E-state index contributed by atoms with van der Waals surface area (Å²) in [6.45, 7) is 7.88. The van der Waals surface area contributed by atoms with Gasteiger partial charge in [0.2, 0.25) is 0 Å². The standard InChI is InChI=1S/C17H21N3O4/c1-10-11(6-5-7-13(10)21)15-18-14(19-24-15)12-8-9-20(12)16(22)23-17(2,3)4/h5-7,12,21H,8-9H2,1-4H3. The van der Waals surface area contributed by atoms with Gasteiger partial charge in [-0.25, -0.2) is 4.79 Å². The van der Waals surface area contributed by atoms with Gasteiger partial charge in [-0.05, 0) is 46.2 Å². The molecule has 0 saturated carbocycles. The Bertz CT molecular complexity index is 763. The first-order valence-electron chi connectivity index (χ1n) is 7.88. The molecule has 1 saturated heterocycles. The molecule has 0 bridgehead atoms. The van der Waals surface area contributed by atoms with E-state index in [1.165, 1.54) is 0 Å². The van der Waals surface area contributed by atoms with E-state index in [-0.39, 0.29) is 17.9 Å². The van der Waals surface area contributed by atoms with E-state index < -0.39 is 5.60 Å². The monoisotopic (exact) mass is 331 g/mol. The molecule has 24 heavy (non-hydrogen) atoms. The number of carbonyl (C=O) groups is 1. The minimum atomic E-state index is -0.543. The fourth-order valence-electron chi connectivity index (χ4n) is 2.53. The van der Waals surface area contributed by atoms with E-state index in [2.05, 4.69) is 10.1 Å². The number of hydrogen-bond donors (Lipinski definition) is 1. The number of phenols is 1. The molecule has 7 nitrogen and oxygen atoms in total. The lowest BCUT2D eigenvalue weighted by Crippen LogP contribution is -2.47. The highest BCUT2D eigenvalue weighted by molar-refractivity contribution is 5.70. The summed E-state index contributed by atoms with van der Waals surface area (Å²) < 4.78 is 10.7. The third kappa shape index (κ3) is 3.06. The molecule has 1 amide bonds. The highest BCUT2D eigenvalue weighted by Crippen LogP contribution is 2.35. The number of likely N-dealkylation sites (tertiary alicyclic amines) is 1. The highest BCUT2D eigenvalue weighted by Gasteiger charge is 2.39. The number of nitrogens with zero attached hydrogens (tertiary/aromatic N) is 3. The normalized spacial score (nSPS) is 17.5. The molecule has 1 aromatic heterocycles. The fraction of sp³-hybridized carbons (Fsp3) is 0.471. The van der Waals surface area contributed by atoms with Crippen molar-refractivity contribution in [1.29, 1.82) is 0 Å². The van der Waals surface area contributed by atoms with Crippen LogP contribution in [-0.4, -0.2) is 38.4 Å². The van der Waals surface area contributed by atoms with Crippen molar-refractivity contribution in [1.82, 2.24) is 15.0 Å². The Morgan fingerprint density at radius 1 is 1.42 bits per heavy atom. The molecule has 1 aliphatic heterocycles. The third-order valence-corrected chi connectivity index (χ3v) is 3.92. The molecular weight excluding hydrogens is 310 g/mol. The van der Waals surface area contributed by atoms with Crippen LogP contribution in [-0.2, 0) is 4.74 Å². The van der Waals surface area contributed by atoms with E-state index in [1.54, 1.807) is 30.0 Å². The van der Waals surface area contributed by atoms with E-state index in [0.717, 1.165) is 6.42 Å². The van der Waals surface area contributed by atoms with Gasteiger partial charge in [0.15, 0.2) is 5.82 Å². The van der Waals surface area contributed by atoms with Gasteiger partial charge in [0.1, 0.15) is 17.4 Å². The Labute approximate surface area is 140 Å². The molecule has 2 aromatic rings. The number of benzene rings is 1. The van der Waals surface area contributed by atoms with Crippen molar-refractivity contribution in [2.45, 2.75) is 45.8 Å². The molecule has 2 heterocycles. The van der Waals surface area contributed by atoms with Gasteiger partial charge in [-0.15, -0.1) is 0 Å². The van der Waals surface area contributed by atoms with Gasteiger partial charge >= 0.3 is 6.09 Å². The number of phenolic OH excluding ortho intramolecular Hbond substituents is 1. The van der Waals surface area contributed by atoms with Crippen molar-refractivity contribution < 1.29 is 19.2 Å². The summed E-state index contributed by atoms with van der Waals surface area (Å²) in [5, 5.41) is 13.8. The molecule has 0 radical (unpaired) electrons. The predicted octanol–water partition coefficient (Wildman–Crippen LogP) is 3.43. The molecule has 0 aliphatic carbocycles. The van der Waals surface area contributed by atoms with Crippen molar-refractivity contribution in [3.05, 3.63) is 29.6 Å². The van der Waals surface area contributed by atoms with Crippen LogP contribution in [0.25, 0.3) is 11.5 Å². The summed E-state index contributed by atoms with van der Waals surface area (Å²) in [6, 6.07) is 4.89. The van der Waals surface area contributed by atoms with Gasteiger partial charge in [-0.2, -0.15) is 4.98 Å². The van der Waals surface area contributed by atoms with Crippen LogP contribution in [0.15, 0.2) is 22.7 Å². The highest BCUT2D eigenvalue weighted by atomic mass is 16.6. The first-order valence-corrected chi connectivity index (χ1v) is 7.88. The minimum absolute atomic E-state index is 0.172. The van der Waals surface area contributed by atoms with Crippen LogP contribution in [0.5, 0.6) is 5.75 Å². The van der Waals surface area contributed by atoms with Gasteiger partial charge in [-0.3, -0.25) is 4.90 Å². The van der Waals surface area contributed by atoms with Crippen molar-refractivity contribution in [2.24, 2.45) is 0 Å². The lowest BCUT2D eigenvalue weighted by Gasteiger charge is -2.39. The molecule has 1 aliphatic rings. The van der Waals surface area contributed by atoms with Crippen molar-refractivity contribution in [3.8, 4) is 17.2 Å². The van der Waals surface area contributed by atoms with Gasteiger partial charge in [0.05, 0.1) is 0 Å². The average molecular weight is 331 g/mol. The summed E-state index contributed by atoms with van der Waals surface area (Å²) in [7, 11) is 0. The van der Waals surface area contributed by atoms with Crippen molar-refractivity contribution in [2.75, 3.05) is 6.54 Å². The van der Waals surface area contributed by atoms with Crippen LogP contribution in [0.4, 0.5) is 4.79 Å². The quantitative estimate of drug-likeness (QED) is 0.907. The van der Waals surface area contributed by atoms with Crippen LogP contribution >= 0.6 is 0 Å². The molecule has 3 rings (SSSR count). The fourth-order valence-corrected chi connectivity index (χ4v) is 2.53. The first-order chi connectivity index (χ1) is 11.3. The maximum absolute atomic E-state index is 12.2. The first kappa shape index (κ1) is 16.3. The van der Waals surface area contributed by atoms with Gasteiger partial charge in [0, 0.05) is 17.7 Å². The van der Waals surface area contributed by atoms with E-state index in [0.29, 0.717) is 29.4 Å². The maximum Gasteiger partial charge on any atom is 0.410 e. The number of hydrogen-bond acceptors (Lipinski definition) is 6. The molecule has 1 aromatic carbocycles. The molecular formula is C17H21N3O4. The zero-order valence-electron chi connectivity index (χ0n) is 14.2. The maximum atomic E-state index is 12.2. The number of aromatic nitrogens is 2. The second-order valence-electron chi connectivity index (χ2n) is 6.89. The number of rotatable bonds is 2. The predicted molar refractivity (Wildman–Crippen MR) is 86.4 cm³/mol. The molecule has 1 fully saturated rings. The van der Waals surface area contributed by atoms with Crippen LogP contribution in [0.1, 0.15) is 44.6 Å². The van der Waals surface area contributed by atoms with E-state index >= 15 is 0 Å². The molecule has 1 N–H and O–H groups in total. The summed E-state index contributed by atoms with van der Waals surface area (Å²) >= 11 is 0. The Balaban J connectivity index is 1.79. The lowest BCUT2D eigenvalue weighted by atomic mass is 10.0. The number of aromatic hydroxyl groups is 1. The third-order valence-electron chi connectivity index (χ3n) is 3.92. The average Bonchev–Trinajstić information content (AvgIpc) is 2.87. The van der Waals surface area contributed by atoms with E-state index in [9.17, 15) is 9.90 Å². The molecule has 1 unspecified atom stereocenters. The number of carbonyl (C=O) groups excluding carboxylic acids is 1. The molecule has 128 valence electrons. The Hall–Kier alpha value is -2.57. The van der Waals surface area contributed by atoms with E-state index in [1.807, 2.05) is 20.8 Å². The summed E-state index contributed by atoms with van der Waals surface area (Å²) in [5.74, 6) is 0.950. The molecule has 7 heteroatoms. The molecule has 1 atom stereocenters. The van der Waals surface area contributed by atoms with Crippen molar-refractivity contribution >= 4 is 6.09 Å². The van der Waals surface area contributed by atoms with Gasteiger partial charge in [0.25, 0.3) is 5.89 Å². The topological polar surface area (TPSA) is 88.7 Å². The van der Waals surface area contributed by atoms with E-state index in [4.69, 9.17) is 9.26 Å². The lowest BCUT2D eigenvalue weighted by molar-refractivity contribution is -0.00772. The Morgan fingerprint density at radius 2 is 2.17 bits per heavy atom. The van der Waals surface area contributed by atoms with Crippen LogP contribution in [0, 0.1) is 6.92 Å². The number of amides is 1. The SMILES string of the molecule is Cc1c(O)cccc1-c1nc(C2CCN2C(=O)OC(C)(C)C)no1. The molecule has 0 spiro atoms. The zero-order valence-corrected chi connectivity index (χ0v) is 14.2. The summed E-state index contributed by atoms with van der Waals surface area (Å²) in [4.78, 5) is 18.2. The summed E-state index contributed by atoms with van der Waals surface area (Å²) in [5.41, 5.74) is 0.806.